The SMILES string of the molecule is CC1C=CC(C=CC2C=CC=CC2)=CC1. The van der Waals surface area contributed by atoms with Gasteiger partial charge in [0.05, 0.1) is 0 Å². The average molecular weight is 198 g/mol. The molecule has 0 radical (unpaired) electrons. The van der Waals surface area contributed by atoms with E-state index in [1.807, 2.05) is 0 Å². The molecule has 0 spiro atoms. The van der Waals surface area contributed by atoms with Crippen LogP contribution in [-0.2, 0) is 0 Å². The zero-order valence-corrected chi connectivity index (χ0v) is 9.27. The van der Waals surface area contributed by atoms with Crippen molar-refractivity contribution in [2.45, 2.75) is 19.8 Å². The van der Waals surface area contributed by atoms with E-state index < -0.39 is 0 Å². The predicted molar refractivity (Wildman–Crippen MR) is 66.5 cm³/mol. The molecule has 2 unspecified atom stereocenters. The van der Waals surface area contributed by atoms with Crippen molar-refractivity contribution >= 4 is 0 Å². The van der Waals surface area contributed by atoms with Crippen molar-refractivity contribution in [3.05, 3.63) is 60.3 Å². The van der Waals surface area contributed by atoms with Crippen molar-refractivity contribution in [2.24, 2.45) is 11.8 Å². The summed E-state index contributed by atoms with van der Waals surface area (Å²) in [5.41, 5.74) is 1.36. The molecule has 2 rings (SSSR count). The molecule has 0 aromatic heterocycles. The van der Waals surface area contributed by atoms with Crippen molar-refractivity contribution in [2.75, 3.05) is 0 Å². The van der Waals surface area contributed by atoms with Crippen molar-refractivity contribution in [1.82, 2.24) is 0 Å². The molecule has 0 N–H and O–H groups in total. The lowest BCUT2D eigenvalue weighted by molar-refractivity contribution is 0.732. The fourth-order valence-corrected chi connectivity index (χ4v) is 1.84. The van der Waals surface area contributed by atoms with Crippen molar-refractivity contribution in [3.63, 3.8) is 0 Å². The summed E-state index contributed by atoms with van der Waals surface area (Å²) in [6.07, 6.45) is 22.4. The van der Waals surface area contributed by atoms with Gasteiger partial charge in [-0.1, -0.05) is 61.6 Å². The molecule has 2 aliphatic carbocycles. The van der Waals surface area contributed by atoms with Crippen LogP contribution < -0.4 is 0 Å². The van der Waals surface area contributed by atoms with Crippen LogP contribution in [0.2, 0.25) is 0 Å². The summed E-state index contributed by atoms with van der Waals surface area (Å²) in [7, 11) is 0. The number of hydrogen-bond donors (Lipinski definition) is 0. The minimum atomic E-state index is 0.587. The van der Waals surface area contributed by atoms with E-state index in [1.54, 1.807) is 0 Å². The fraction of sp³-hybridized carbons (Fsp3) is 0.333. The zero-order chi connectivity index (χ0) is 10.5. The highest BCUT2D eigenvalue weighted by Crippen LogP contribution is 2.18. The third kappa shape index (κ3) is 3.09. The fourth-order valence-electron chi connectivity index (χ4n) is 1.84. The smallest absolute Gasteiger partial charge is 0.00124 e. The molecule has 0 aromatic rings. The number of rotatable bonds is 2. The largest absolute Gasteiger partial charge is 0.0837 e. The lowest BCUT2D eigenvalue weighted by Gasteiger charge is -2.10. The van der Waals surface area contributed by atoms with Gasteiger partial charge in [0.1, 0.15) is 0 Å². The lowest BCUT2D eigenvalue weighted by atomic mass is 9.96. The summed E-state index contributed by atoms with van der Waals surface area (Å²) in [4.78, 5) is 0. The van der Waals surface area contributed by atoms with Gasteiger partial charge in [0, 0.05) is 0 Å². The lowest BCUT2D eigenvalue weighted by Crippen LogP contribution is -1.95. The van der Waals surface area contributed by atoms with Crippen molar-refractivity contribution in [3.8, 4) is 0 Å². The van der Waals surface area contributed by atoms with Crippen molar-refractivity contribution in [1.29, 1.82) is 0 Å². The minimum absolute atomic E-state index is 0.587. The Morgan fingerprint density at radius 1 is 1.20 bits per heavy atom. The molecular formula is C15H18. The quantitative estimate of drug-likeness (QED) is 0.624. The van der Waals surface area contributed by atoms with Gasteiger partial charge in [-0.3, -0.25) is 0 Å². The molecule has 0 heterocycles. The predicted octanol–water partition coefficient (Wildman–Crippen LogP) is 4.20. The van der Waals surface area contributed by atoms with Crippen LogP contribution in [0.15, 0.2) is 60.3 Å². The van der Waals surface area contributed by atoms with Gasteiger partial charge < -0.3 is 0 Å². The monoisotopic (exact) mass is 198 g/mol. The Labute approximate surface area is 92.4 Å². The van der Waals surface area contributed by atoms with Crippen LogP contribution in [0.25, 0.3) is 0 Å². The molecule has 0 heteroatoms. The Balaban J connectivity index is 1.92. The molecule has 0 aliphatic heterocycles. The van der Waals surface area contributed by atoms with Gasteiger partial charge in [0.25, 0.3) is 0 Å². The standard InChI is InChI=1S/C15H18/c1-13-7-9-15(10-8-13)12-11-14-5-3-2-4-6-14/h2-5,7,9-14H,6,8H2,1H3. The summed E-state index contributed by atoms with van der Waals surface area (Å²) < 4.78 is 0. The Kier molecular flexibility index (Phi) is 3.39. The molecule has 0 aromatic carbocycles. The van der Waals surface area contributed by atoms with Gasteiger partial charge in [0.15, 0.2) is 0 Å². The maximum absolute atomic E-state index is 2.32. The molecule has 0 saturated heterocycles. The second kappa shape index (κ2) is 4.97. The van der Waals surface area contributed by atoms with Gasteiger partial charge in [-0.05, 0) is 30.3 Å². The van der Waals surface area contributed by atoms with Crippen LogP contribution in [-0.4, -0.2) is 0 Å². The van der Waals surface area contributed by atoms with E-state index >= 15 is 0 Å². The maximum Gasteiger partial charge on any atom is -0.00124 e. The molecule has 15 heavy (non-hydrogen) atoms. The van der Waals surface area contributed by atoms with E-state index in [9.17, 15) is 0 Å². The summed E-state index contributed by atoms with van der Waals surface area (Å²) in [6.45, 7) is 2.25. The topological polar surface area (TPSA) is 0 Å². The van der Waals surface area contributed by atoms with Gasteiger partial charge in [-0.15, -0.1) is 0 Å². The first-order valence-electron chi connectivity index (χ1n) is 5.74. The number of hydrogen-bond acceptors (Lipinski definition) is 0. The summed E-state index contributed by atoms with van der Waals surface area (Å²) in [6, 6.07) is 0. The van der Waals surface area contributed by atoms with Gasteiger partial charge >= 0.3 is 0 Å². The average Bonchev–Trinajstić information content (AvgIpc) is 2.30. The molecule has 2 atom stereocenters. The normalized spacial score (nSPS) is 29.8. The van der Waals surface area contributed by atoms with E-state index in [2.05, 4.69) is 61.6 Å². The third-order valence-corrected chi connectivity index (χ3v) is 2.89. The van der Waals surface area contributed by atoms with Gasteiger partial charge in [-0.25, -0.2) is 0 Å². The summed E-state index contributed by atoms with van der Waals surface area (Å²) >= 11 is 0. The van der Waals surface area contributed by atoms with E-state index in [1.165, 1.54) is 12.0 Å². The molecule has 0 amide bonds. The van der Waals surface area contributed by atoms with Crippen LogP contribution in [0.1, 0.15) is 19.8 Å². The van der Waals surface area contributed by atoms with E-state index in [-0.39, 0.29) is 0 Å². The Morgan fingerprint density at radius 3 is 2.80 bits per heavy atom. The Morgan fingerprint density at radius 2 is 2.13 bits per heavy atom. The second-order valence-corrected chi connectivity index (χ2v) is 4.35. The molecule has 2 aliphatic rings. The zero-order valence-electron chi connectivity index (χ0n) is 9.27. The summed E-state index contributed by atoms with van der Waals surface area (Å²) in [5, 5.41) is 0. The van der Waals surface area contributed by atoms with Gasteiger partial charge in [-0.2, -0.15) is 0 Å². The molecule has 78 valence electrons. The highest BCUT2D eigenvalue weighted by molar-refractivity contribution is 5.34. The molecule has 0 nitrogen and oxygen atoms in total. The minimum Gasteiger partial charge on any atom is -0.0837 e. The molecule has 0 saturated carbocycles. The first-order valence-corrected chi connectivity index (χ1v) is 5.74. The van der Waals surface area contributed by atoms with Crippen LogP contribution >= 0.6 is 0 Å². The van der Waals surface area contributed by atoms with Crippen LogP contribution in [0.3, 0.4) is 0 Å². The molecule has 0 fully saturated rings. The Bertz CT molecular complexity index is 350. The van der Waals surface area contributed by atoms with E-state index in [4.69, 9.17) is 0 Å². The first-order chi connectivity index (χ1) is 7.34. The second-order valence-electron chi connectivity index (χ2n) is 4.35. The highest BCUT2D eigenvalue weighted by atomic mass is 14.1. The summed E-state index contributed by atoms with van der Waals surface area (Å²) in [5.74, 6) is 1.29. The van der Waals surface area contributed by atoms with Crippen molar-refractivity contribution < 1.29 is 0 Å². The Hall–Kier alpha value is -1.30. The highest BCUT2D eigenvalue weighted by Gasteiger charge is 2.02. The van der Waals surface area contributed by atoms with Crippen LogP contribution in [0.4, 0.5) is 0 Å². The van der Waals surface area contributed by atoms with E-state index in [0.29, 0.717) is 11.8 Å². The molecular weight excluding hydrogens is 180 g/mol. The van der Waals surface area contributed by atoms with Gasteiger partial charge in [0.2, 0.25) is 0 Å². The van der Waals surface area contributed by atoms with Crippen LogP contribution in [0, 0.1) is 11.8 Å². The first kappa shape index (κ1) is 10.2. The maximum atomic E-state index is 2.32. The number of allylic oxidation sites excluding steroid dienone is 10. The van der Waals surface area contributed by atoms with Crippen LogP contribution in [0.5, 0.6) is 0 Å². The third-order valence-electron chi connectivity index (χ3n) is 2.89. The molecule has 0 bridgehead atoms. The van der Waals surface area contributed by atoms with E-state index in [0.717, 1.165) is 6.42 Å².